The highest BCUT2D eigenvalue weighted by Crippen LogP contribution is 2.33. The first-order valence-corrected chi connectivity index (χ1v) is 5.60. The normalized spacial score (nSPS) is 23.9. The quantitative estimate of drug-likeness (QED) is 0.808. The van der Waals surface area contributed by atoms with Crippen LogP contribution in [0, 0.1) is 0 Å². The maximum Gasteiger partial charge on any atom is 0.231 e. The Hall–Kier alpha value is -1.26. The maximum atomic E-state index is 9.45. The smallest absolute Gasteiger partial charge is 0.231 e. The van der Waals surface area contributed by atoms with E-state index < -0.39 is 0 Å². The predicted octanol–water partition coefficient (Wildman–Crippen LogP) is 0.982. The fourth-order valence-electron chi connectivity index (χ4n) is 2.25. The van der Waals surface area contributed by atoms with E-state index >= 15 is 0 Å². The van der Waals surface area contributed by atoms with Crippen LogP contribution >= 0.6 is 0 Å². The van der Waals surface area contributed by atoms with Crippen LogP contribution in [0.4, 0.5) is 0 Å². The minimum atomic E-state index is -0.158. The van der Waals surface area contributed by atoms with E-state index in [0.717, 1.165) is 37.6 Å². The van der Waals surface area contributed by atoms with Crippen molar-refractivity contribution in [1.29, 1.82) is 0 Å². The summed E-state index contributed by atoms with van der Waals surface area (Å²) in [6, 6.07) is 6.02. The number of likely N-dealkylation sites (tertiary alicyclic amines) is 1. The number of fused-ring (bicyclic) bond motifs is 1. The summed E-state index contributed by atoms with van der Waals surface area (Å²) in [7, 11) is 0. The van der Waals surface area contributed by atoms with E-state index in [9.17, 15) is 5.11 Å². The lowest BCUT2D eigenvalue weighted by Gasteiger charge is -2.14. The van der Waals surface area contributed by atoms with Crippen molar-refractivity contribution in [3.8, 4) is 11.5 Å². The molecule has 0 radical (unpaired) electrons. The summed E-state index contributed by atoms with van der Waals surface area (Å²) in [5, 5.41) is 9.45. The third kappa shape index (κ3) is 1.86. The summed E-state index contributed by atoms with van der Waals surface area (Å²) in [6.07, 6.45) is 0.721. The van der Waals surface area contributed by atoms with Gasteiger partial charge >= 0.3 is 0 Å². The topological polar surface area (TPSA) is 41.9 Å². The molecule has 1 N–H and O–H groups in total. The van der Waals surface area contributed by atoms with Crippen LogP contribution in [-0.2, 0) is 6.54 Å². The Morgan fingerprint density at radius 3 is 3.00 bits per heavy atom. The van der Waals surface area contributed by atoms with Crippen LogP contribution < -0.4 is 9.47 Å². The monoisotopic (exact) mass is 221 g/mol. The molecule has 1 fully saturated rings. The molecular weight excluding hydrogens is 206 g/mol. The van der Waals surface area contributed by atoms with Gasteiger partial charge in [-0.2, -0.15) is 0 Å². The van der Waals surface area contributed by atoms with Gasteiger partial charge in [0.2, 0.25) is 6.79 Å². The highest BCUT2D eigenvalue weighted by Gasteiger charge is 2.21. The Morgan fingerprint density at radius 2 is 2.19 bits per heavy atom. The molecule has 0 saturated carbocycles. The average molecular weight is 221 g/mol. The van der Waals surface area contributed by atoms with Gasteiger partial charge in [-0.05, 0) is 24.1 Å². The van der Waals surface area contributed by atoms with Gasteiger partial charge < -0.3 is 14.6 Å². The standard InChI is InChI=1S/C12H15NO3/c14-10-3-4-13(7-10)6-9-1-2-11-12(5-9)16-8-15-11/h1-2,5,10,14H,3-4,6-8H2. The molecule has 2 aliphatic heterocycles. The van der Waals surface area contributed by atoms with E-state index in [2.05, 4.69) is 11.0 Å². The lowest BCUT2D eigenvalue weighted by Crippen LogP contribution is -2.21. The van der Waals surface area contributed by atoms with E-state index in [1.54, 1.807) is 0 Å². The van der Waals surface area contributed by atoms with Gasteiger partial charge in [-0.3, -0.25) is 4.90 Å². The molecule has 0 aromatic heterocycles. The molecule has 1 atom stereocenters. The number of nitrogens with zero attached hydrogens (tertiary/aromatic N) is 1. The van der Waals surface area contributed by atoms with Gasteiger partial charge in [0, 0.05) is 19.6 Å². The molecule has 86 valence electrons. The van der Waals surface area contributed by atoms with Crippen molar-refractivity contribution in [2.75, 3.05) is 19.9 Å². The molecule has 1 aromatic rings. The molecule has 16 heavy (non-hydrogen) atoms. The first kappa shape index (κ1) is 9.93. The summed E-state index contributed by atoms with van der Waals surface area (Å²) in [4.78, 5) is 2.25. The van der Waals surface area contributed by atoms with Gasteiger partial charge in [0.1, 0.15) is 0 Å². The Labute approximate surface area is 94.4 Å². The second-order valence-electron chi connectivity index (χ2n) is 4.37. The van der Waals surface area contributed by atoms with Crippen LogP contribution in [0.5, 0.6) is 11.5 Å². The average Bonchev–Trinajstić information content (AvgIpc) is 2.87. The van der Waals surface area contributed by atoms with Crippen molar-refractivity contribution in [2.24, 2.45) is 0 Å². The van der Waals surface area contributed by atoms with Crippen LogP contribution in [0.15, 0.2) is 18.2 Å². The van der Waals surface area contributed by atoms with Crippen LogP contribution in [0.3, 0.4) is 0 Å². The van der Waals surface area contributed by atoms with E-state index in [1.807, 2.05) is 12.1 Å². The van der Waals surface area contributed by atoms with Crippen LogP contribution in [-0.4, -0.2) is 36.0 Å². The van der Waals surface area contributed by atoms with Crippen molar-refractivity contribution in [3.05, 3.63) is 23.8 Å². The number of benzene rings is 1. The summed E-state index contributed by atoms with van der Waals surface area (Å²) in [6.45, 7) is 2.93. The molecule has 3 rings (SSSR count). The molecule has 2 heterocycles. The highest BCUT2D eigenvalue weighted by atomic mass is 16.7. The molecule has 1 aromatic carbocycles. The van der Waals surface area contributed by atoms with Gasteiger partial charge in [-0.25, -0.2) is 0 Å². The van der Waals surface area contributed by atoms with Gasteiger partial charge in [0.25, 0.3) is 0 Å². The van der Waals surface area contributed by atoms with E-state index in [0.29, 0.717) is 6.79 Å². The van der Waals surface area contributed by atoms with Crippen LogP contribution in [0.2, 0.25) is 0 Å². The summed E-state index contributed by atoms with van der Waals surface area (Å²) in [5.74, 6) is 1.66. The van der Waals surface area contributed by atoms with Crippen molar-refractivity contribution < 1.29 is 14.6 Å². The molecular formula is C12H15NO3. The minimum absolute atomic E-state index is 0.158. The number of aliphatic hydroxyl groups excluding tert-OH is 1. The molecule has 2 aliphatic rings. The molecule has 1 saturated heterocycles. The number of hydrogen-bond donors (Lipinski definition) is 1. The Morgan fingerprint density at radius 1 is 1.31 bits per heavy atom. The zero-order valence-electron chi connectivity index (χ0n) is 9.06. The zero-order valence-corrected chi connectivity index (χ0v) is 9.06. The largest absolute Gasteiger partial charge is 0.454 e. The molecule has 4 nitrogen and oxygen atoms in total. The number of β-amino-alcohol motifs (C(OH)–C–C–N with tert-alkyl or cyclic N) is 1. The fourth-order valence-corrected chi connectivity index (χ4v) is 2.25. The second-order valence-corrected chi connectivity index (χ2v) is 4.37. The number of ether oxygens (including phenoxy) is 2. The number of aliphatic hydroxyl groups is 1. The second kappa shape index (κ2) is 3.96. The molecule has 0 amide bonds. The van der Waals surface area contributed by atoms with Gasteiger partial charge in [0.05, 0.1) is 6.10 Å². The summed E-state index contributed by atoms with van der Waals surface area (Å²) < 4.78 is 10.6. The molecule has 4 heteroatoms. The Kier molecular flexibility index (Phi) is 2.46. The van der Waals surface area contributed by atoms with Gasteiger partial charge in [0.15, 0.2) is 11.5 Å². The predicted molar refractivity (Wildman–Crippen MR) is 58.5 cm³/mol. The van der Waals surface area contributed by atoms with Crippen LogP contribution in [0.1, 0.15) is 12.0 Å². The summed E-state index contributed by atoms with van der Waals surface area (Å²) >= 11 is 0. The van der Waals surface area contributed by atoms with Crippen molar-refractivity contribution >= 4 is 0 Å². The van der Waals surface area contributed by atoms with E-state index in [-0.39, 0.29) is 6.10 Å². The minimum Gasteiger partial charge on any atom is -0.454 e. The van der Waals surface area contributed by atoms with E-state index in [1.165, 1.54) is 5.56 Å². The van der Waals surface area contributed by atoms with Crippen molar-refractivity contribution in [2.45, 2.75) is 19.1 Å². The molecule has 0 spiro atoms. The molecule has 0 aliphatic carbocycles. The van der Waals surface area contributed by atoms with Gasteiger partial charge in [-0.1, -0.05) is 6.07 Å². The third-order valence-corrected chi connectivity index (χ3v) is 3.09. The lowest BCUT2D eigenvalue weighted by molar-refractivity contribution is 0.173. The highest BCUT2D eigenvalue weighted by molar-refractivity contribution is 5.44. The summed E-state index contributed by atoms with van der Waals surface area (Å²) in [5.41, 5.74) is 1.21. The van der Waals surface area contributed by atoms with Crippen molar-refractivity contribution in [3.63, 3.8) is 0 Å². The zero-order chi connectivity index (χ0) is 11.0. The Balaban J connectivity index is 1.71. The lowest BCUT2D eigenvalue weighted by atomic mass is 10.2. The SMILES string of the molecule is OC1CCN(Cc2ccc3c(c2)OCO3)C1. The van der Waals surface area contributed by atoms with Crippen molar-refractivity contribution in [1.82, 2.24) is 4.90 Å². The van der Waals surface area contributed by atoms with E-state index in [4.69, 9.17) is 9.47 Å². The van der Waals surface area contributed by atoms with Gasteiger partial charge in [-0.15, -0.1) is 0 Å². The molecule has 0 bridgehead atoms. The molecule has 1 unspecified atom stereocenters. The van der Waals surface area contributed by atoms with Crippen LogP contribution in [0.25, 0.3) is 0 Å². The Bertz CT molecular complexity index is 394. The fraction of sp³-hybridized carbons (Fsp3) is 0.500. The first-order chi connectivity index (χ1) is 7.81. The number of rotatable bonds is 2. The number of hydrogen-bond acceptors (Lipinski definition) is 4. The maximum absolute atomic E-state index is 9.45. The first-order valence-electron chi connectivity index (χ1n) is 5.60. The third-order valence-electron chi connectivity index (χ3n) is 3.09.